The summed E-state index contributed by atoms with van der Waals surface area (Å²) < 4.78 is 11.2. The molecule has 1 aliphatic heterocycles. The third-order valence-corrected chi connectivity index (χ3v) is 4.12. The highest BCUT2D eigenvalue weighted by Gasteiger charge is 2.16. The van der Waals surface area contributed by atoms with Gasteiger partial charge in [0.25, 0.3) is 5.91 Å². The number of halogens is 2. The molecule has 20 heavy (non-hydrogen) atoms. The highest BCUT2D eigenvalue weighted by atomic mass is 79.9. The minimum atomic E-state index is -0.282. The second-order valence-corrected chi connectivity index (χ2v) is 5.36. The van der Waals surface area contributed by atoms with Gasteiger partial charge in [0.1, 0.15) is 0 Å². The van der Waals surface area contributed by atoms with Crippen molar-refractivity contribution in [2.45, 2.75) is 0 Å². The molecule has 0 aromatic heterocycles. The fourth-order valence-corrected chi connectivity index (χ4v) is 2.43. The maximum atomic E-state index is 12.2. The van der Waals surface area contributed by atoms with Gasteiger partial charge in [-0.2, -0.15) is 0 Å². The van der Waals surface area contributed by atoms with Gasteiger partial charge in [-0.25, -0.2) is 0 Å². The maximum Gasteiger partial charge on any atom is 0.257 e. The molecule has 0 spiro atoms. The van der Waals surface area contributed by atoms with Crippen molar-refractivity contribution in [1.82, 2.24) is 0 Å². The molecule has 0 radical (unpaired) electrons. The number of hydrogen-bond donors (Lipinski definition) is 1. The van der Waals surface area contributed by atoms with Crippen molar-refractivity contribution in [2.24, 2.45) is 0 Å². The number of nitrogens with one attached hydrogen (secondary N) is 1. The van der Waals surface area contributed by atoms with Crippen LogP contribution in [0.4, 0.5) is 5.69 Å². The van der Waals surface area contributed by atoms with Crippen molar-refractivity contribution in [3.05, 3.63) is 51.5 Å². The van der Waals surface area contributed by atoms with Crippen LogP contribution in [0.25, 0.3) is 0 Å². The summed E-state index contributed by atoms with van der Waals surface area (Å²) in [4.78, 5) is 12.2. The molecular weight excluding hydrogens is 346 g/mol. The smallest absolute Gasteiger partial charge is 0.257 e. The number of hydrogen-bond acceptors (Lipinski definition) is 3. The molecule has 1 amide bonds. The molecule has 2 aromatic carbocycles. The molecule has 0 aliphatic carbocycles. The Morgan fingerprint density at radius 2 is 2.00 bits per heavy atom. The van der Waals surface area contributed by atoms with Crippen molar-refractivity contribution in [3.63, 3.8) is 0 Å². The molecule has 1 heterocycles. The molecule has 1 aliphatic rings. The van der Waals surface area contributed by atoms with E-state index >= 15 is 0 Å². The van der Waals surface area contributed by atoms with Crippen molar-refractivity contribution >= 4 is 39.1 Å². The average molecular weight is 355 g/mol. The standard InChI is InChI=1S/C14H9BrClNO3/c15-10-3-1-2-9(13(10)16)14(18)17-8-4-5-11-12(6-8)20-7-19-11/h1-6H,7H2,(H,17,18). The van der Waals surface area contributed by atoms with Gasteiger partial charge in [-0.3, -0.25) is 4.79 Å². The number of anilines is 1. The topological polar surface area (TPSA) is 47.6 Å². The van der Waals surface area contributed by atoms with Crippen molar-refractivity contribution < 1.29 is 14.3 Å². The molecule has 0 saturated heterocycles. The van der Waals surface area contributed by atoms with E-state index in [-0.39, 0.29) is 12.7 Å². The van der Waals surface area contributed by atoms with Crippen LogP contribution in [0.3, 0.4) is 0 Å². The van der Waals surface area contributed by atoms with Crippen LogP contribution in [0, 0.1) is 0 Å². The molecule has 3 rings (SSSR count). The van der Waals surface area contributed by atoms with Gasteiger partial charge >= 0.3 is 0 Å². The number of rotatable bonds is 2. The number of ether oxygens (including phenoxy) is 2. The third kappa shape index (κ3) is 2.46. The Morgan fingerprint density at radius 1 is 1.20 bits per heavy atom. The molecule has 0 bridgehead atoms. The number of carbonyl (C=O) groups is 1. The first-order valence-electron chi connectivity index (χ1n) is 5.80. The van der Waals surface area contributed by atoms with Crippen LogP contribution in [-0.4, -0.2) is 12.7 Å². The van der Waals surface area contributed by atoms with Gasteiger partial charge in [0.15, 0.2) is 11.5 Å². The molecule has 1 N–H and O–H groups in total. The van der Waals surface area contributed by atoms with E-state index in [2.05, 4.69) is 21.2 Å². The van der Waals surface area contributed by atoms with Crippen molar-refractivity contribution in [2.75, 3.05) is 12.1 Å². The number of fused-ring (bicyclic) bond motifs is 1. The summed E-state index contributed by atoms with van der Waals surface area (Å²) in [5, 5.41) is 3.16. The first-order chi connectivity index (χ1) is 9.65. The first-order valence-corrected chi connectivity index (χ1v) is 6.97. The lowest BCUT2D eigenvalue weighted by atomic mass is 10.2. The minimum absolute atomic E-state index is 0.199. The van der Waals surface area contributed by atoms with Crippen molar-refractivity contribution in [1.29, 1.82) is 0 Å². The van der Waals surface area contributed by atoms with E-state index in [1.165, 1.54) is 0 Å². The molecule has 0 atom stereocenters. The Kier molecular flexibility index (Phi) is 3.54. The molecule has 0 unspecified atom stereocenters. The van der Waals surface area contributed by atoms with E-state index in [4.69, 9.17) is 21.1 Å². The fourth-order valence-electron chi connectivity index (χ4n) is 1.85. The Bertz CT molecular complexity index is 690. The highest BCUT2D eigenvalue weighted by Crippen LogP contribution is 2.34. The van der Waals surface area contributed by atoms with Gasteiger partial charge in [0.2, 0.25) is 6.79 Å². The van der Waals surface area contributed by atoms with Gasteiger partial charge in [-0.05, 0) is 40.2 Å². The summed E-state index contributed by atoms with van der Waals surface area (Å²) in [6.45, 7) is 0.199. The summed E-state index contributed by atoms with van der Waals surface area (Å²) in [6, 6.07) is 10.4. The molecule has 0 saturated carbocycles. The van der Waals surface area contributed by atoms with Crippen molar-refractivity contribution in [3.8, 4) is 11.5 Å². The molecule has 2 aromatic rings. The fraction of sp³-hybridized carbons (Fsp3) is 0.0714. The second-order valence-electron chi connectivity index (χ2n) is 4.12. The first kappa shape index (κ1) is 13.3. The molecule has 4 nitrogen and oxygen atoms in total. The minimum Gasteiger partial charge on any atom is -0.454 e. The second kappa shape index (κ2) is 5.34. The predicted molar refractivity (Wildman–Crippen MR) is 79.7 cm³/mol. The summed E-state index contributed by atoms with van der Waals surface area (Å²) in [5.74, 6) is 1.00. The Morgan fingerprint density at radius 3 is 2.85 bits per heavy atom. The number of amides is 1. The lowest BCUT2D eigenvalue weighted by Gasteiger charge is -2.08. The maximum absolute atomic E-state index is 12.2. The van der Waals surface area contributed by atoms with Crippen LogP contribution >= 0.6 is 27.5 Å². The van der Waals surface area contributed by atoms with E-state index in [1.807, 2.05) is 0 Å². The normalized spacial score (nSPS) is 12.3. The van der Waals surface area contributed by atoms with E-state index < -0.39 is 0 Å². The monoisotopic (exact) mass is 353 g/mol. The zero-order valence-corrected chi connectivity index (χ0v) is 12.5. The molecule has 102 valence electrons. The van der Waals surface area contributed by atoms with Gasteiger partial charge < -0.3 is 14.8 Å². The number of benzene rings is 2. The Balaban J connectivity index is 1.84. The van der Waals surface area contributed by atoms with Crippen LogP contribution in [0.2, 0.25) is 5.02 Å². The van der Waals surface area contributed by atoms with Gasteiger partial charge in [-0.15, -0.1) is 0 Å². The zero-order valence-electron chi connectivity index (χ0n) is 10.2. The Hall–Kier alpha value is -1.72. The molecule has 6 heteroatoms. The van der Waals surface area contributed by atoms with Gasteiger partial charge in [0, 0.05) is 16.2 Å². The van der Waals surface area contributed by atoms with E-state index in [9.17, 15) is 4.79 Å². The largest absolute Gasteiger partial charge is 0.454 e. The Labute approximate surface area is 128 Å². The van der Waals surface area contributed by atoms with E-state index in [0.717, 1.165) is 0 Å². The predicted octanol–water partition coefficient (Wildman–Crippen LogP) is 4.08. The van der Waals surface area contributed by atoms with Crippen LogP contribution in [0.15, 0.2) is 40.9 Å². The van der Waals surface area contributed by atoms with Crippen LogP contribution in [0.1, 0.15) is 10.4 Å². The lowest BCUT2D eigenvalue weighted by molar-refractivity contribution is 0.102. The van der Waals surface area contributed by atoms with Gasteiger partial charge in [-0.1, -0.05) is 17.7 Å². The summed E-state index contributed by atoms with van der Waals surface area (Å²) >= 11 is 9.39. The van der Waals surface area contributed by atoms with Gasteiger partial charge in [0.05, 0.1) is 10.6 Å². The lowest BCUT2D eigenvalue weighted by Crippen LogP contribution is -2.12. The SMILES string of the molecule is O=C(Nc1ccc2c(c1)OCO2)c1cccc(Br)c1Cl. The third-order valence-electron chi connectivity index (χ3n) is 2.83. The van der Waals surface area contributed by atoms with Crippen LogP contribution in [0.5, 0.6) is 11.5 Å². The van der Waals surface area contributed by atoms with E-state index in [1.54, 1.807) is 36.4 Å². The van der Waals surface area contributed by atoms with E-state index in [0.29, 0.717) is 32.2 Å². The summed E-state index contributed by atoms with van der Waals surface area (Å²) in [6.07, 6.45) is 0. The summed E-state index contributed by atoms with van der Waals surface area (Å²) in [7, 11) is 0. The van der Waals surface area contributed by atoms with Crippen LogP contribution in [-0.2, 0) is 0 Å². The molecular formula is C14H9BrClNO3. The quantitative estimate of drug-likeness (QED) is 0.884. The van der Waals surface area contributed by atoms with Crippen LogP contribution < -0.4 is 14.8 Å². The highest BCUT2D eigenvalue weighted by molar-refractivity contribution is 9.10. The number of carbonyl (C=O) groups excluding carboxylic acids is 1. The zero-order chi connectivity index (χ0) is 14.1. The molecule has 0 fully saturated rings. The summed E-state index contributed by atoms with van der Waals surface area (Å²) in [5.41, 5.74) is 1.02. The average Bonchev–Trinajstić information content (AvgIpc) is 2.89.